The molecule has 1 N–H and O–H groups in total. The van der Waals surface area contributed by atoms with Crippen LogP contribution in [0.2, 0.25) is 0 Å². The Kier molecular flexibility index (Phi) is 2.30. The van der Waals surface area contributed by atoms with E-state index in [-0.39, 0.29) is 17.5 Å². The molecule has 1 heterocycles. The van der Waals surface area contributed by atoms with Gasteiger partial charge < -0.3 is 4.98 Å². The van der Waals surface area contributed by atoms with Crippen molar-refractivity contribution in [2.75, 3.05) is 0 Å². The molecule has 98 valence electrons. The number of carbonyl (C=O) groups is 1. The summed E-state index contributed by atoms with van der Waals surface area (Å²) in [5, 5.41) is 0.405. The van der Waals surface area contributed by atoms with Gasteiger partial charge in [-0.25, -0.2) is 4.39 Å². The number of hydrogen-bond donors (Lipinski definition) is 1. The summed E-state index contributed by atoms with van der Waals surface area (Å²) in [7, 11) is 0. The summed E-state index contributed by atoms with van der Waals surface area (Å²) in [6.07, 6.45) is 2.37. The SMILES string of the molecule is O=C(c1c[nH]c2cccc(F)c12)C1Cc2ccccc21. The maximum absolute atomic E-state index is 13.9. The summed E-state index contributed by atoms with van der Waals surface area (Å²) in [6.45, 7) is 0. The molecule has 2 nitrogen and oxygen atoms in total. The standard InChI is InChI=1S/C17H12FNO/c18-14-6-3-7-15-16(14)13(9-19-15)17(20)12-8-10-4-1-2-5-11(10)12/h1-7,9,12,19H,8H2. The van der Waals surface area contributed by atoms with Crippen LogP contribution in [-0.4, -0.2) is 10.8 Å². The van der Waals surface area contributed by atoms with Crippen LogP contribution in [0.5, 0.6) is 0 Å². The van der Waals surface area contributed by atoms with Gasteiger partial charge in [-0.2, -0.15) is 0 Å². The van der Waals surface area contributed by atoms with Crippen LogP contribution < -0.4 is 0 Å². The lowest BCUT2D eigenvalue weighted by Crippen LogP contribution is -2.25. The van der Waals surface area contributed by atoms with E-state index in [1.165, 1.54) is 11.6 Å². The van der Waals surface area contributed by atoms with Crippen LogP contribution in [0.1, 0.15) is 27.4 Å². The Morgan fingerprint density at radius 1 is 1.15 bits per heavy atom. The van der Waals surface area contributed by atoms with Gasteiger partial charge in [-0.3, -0.25) is 4.79 Å². The zero-order valence-corrected chi connectivity index (χ0v) is 10.7. The van der Waals surface area contributed by atoms with Crippen molar-refractivity contribution in [2.45, 2.75) is 12.3 Å². The van der Waals surface area contributed by atoms with E-state index in [9.17, 15) is 9.18 Å². The average molecular weight is 265 g/mol. The van der Waals surface area contributed by atoms with Crippen molar-refractivity contribution < 1.29 is 9.18 Å². The number of Topliss-reactive ketones (excluding diaryl/α,β-unsaturated/α-hetero) is 1. The average Bonchev–Trinajstić information content (AvgIpc) is 2.85. The maximum atomic E-state index is 13.9. The van der Waals surface area contributed by atoms with Crippen LogP contribution >= 0.6 is 0 Å². The second-order valence-electron chi connectivity index (χ2n) is 5.18. The largest absolute Gasteiger partial charge is 0.360 e. The van der Waals surface area contributed by atoms with E-state index in [0.29, 0.717) is 16.5 Å². The third-order valence-electron chi connectivity index (χ3n) is 4.09. The molecule has 0 saturated carbocycles. The number of carbonyl (C=O) groups excluding carboxylic acids is 1. The topological polar surface area (TPSA) is 32.9 Å². The number of hydrogen-bond acceptors (Lipinski definition) is 1. The Balaban J connectivity index is 1.80. The number of aromatic amines is 1. The van der Waals surface area contributed by atoms with Crippen LogP contribution in [0.25, 0.3) is 10.9 Å². The number of H-pyrrole nitrogens is 1. The highest BCUT2D eigenvalue weighted by Gasteiger charge is 2.33. The molecular weight excluding hydrogens is 253 g/mol. The van der Waals surface area contributed by atoms with E-state index in [4.69, 9.17) is 0 Å². The predicted molar refractivity (Wildman–Crippen MR) is 75.5 cm³/mol. The summed E-state index contributed by atoms with van der Waals surface area (Å²) in [6, 6.07) is 12.7. The lowest BCUT2D eigenvalue weighted by Gasteiger charge is -2.28. The Morgan fingerprint density at radius 2 is 2.00 bits per heavy atom. The molecule has 0 fully saturated rings. The van der Waals surface area contributed by atoms with Crippen LogP contribution in [0, 0.1) is 5.82 Å². The highest BCUT2D eigenvalue weighted by molar-refractivity contribution is 6.11. The van der Waals surface area contributed by atoms with Gasteiger partial charge in [-0.05, 0) is 29.7 Å². The van der Waals surface area contributed by atoms with Gasteiger partial charge >= 0.3 is 0 Å². The predicted octanol–water partition coefficient (Wildman–Crippen LogP) is 3.83. The fourth-order valence-corrected chi connectivity index (χ4v) is 3.02. The summed E-state index contributed by atoms with van der Waals surface area (Å²) >= 11 is 0. The van der Waals surface area contributed by atoms with Gasteiger partial charge in [-0.1, -0.05) is 30.3 Å². The quantitative estimate of drug-likeness (QED) is 0.702. The van der Waals surface area contributed by atoms with Crippen LogP contribution in [0.15, 0.2) is 48.7 Å². The van der Waals surface area contributed by atoms with Crippen molar-refractivity contribution in [3.8, 4) is 0 Å². The molecule has 1 aliphatic carbocycles. The first-order valence-electron chi connectivity index (χ1n) is 6.63. The van der Waals surface area contributed by atoms with Gasteiger partial charge in [0.1, 0.15) is 5.82 Å². The van der Waals surface area contributed by atoms with Crippen molar-refractivity contribution in [1.29, 1.82) is 0 Å². The Morgan fingerprint density at radius 3 is 2.85 bits per heavy atom. The summed E-state index contributed by atoms with van der Waals surface area (Å²) in [4.78, 5) is 15.6. The monoisotopic (exact) mass is 265 g/mol. The Labute approximate surface area is 115 Å². The van der Waals surface area contributed by atoms with Gasteiger partial charge in [0.05, 0.1) is 5.92 Å². The van der Waals surface area contributed by atoms with Crippen molar-refractivity contribution in [2.24, 2.45) is 0 Å². The highest BCUT2D eigenvalue weighted by atomic mass is 19.1. The minimum atomic E-state index is -0.347. The summed E-state index contributed by atoms with van der Waals surface area (Å²) < 4.78 is 13.9. The molecule has 0 saturated heterocycles. The second kappa shape index (κ2) is 4.04. The maximum Gasteiger partial charge on any atom is 0.172 e. The Bertz CT molecular complexity index is 834. The number of nitrogens with one attached hydrogen (secondary N) is 1. The number of aromatic nitrogens is 1. The molecule has 0 aliphatic heterocycles. The smallest absolute Gasteiger partial charge is 0.172 e. The lowest BCUT2D eigenvalue weighted by molar-refractivity contribution is 0.0950. The molecule has 1 aliphatic rings. The normalized spacial score (nSPS) is 16.8. The van der Waals surface area contributed by atoms with Crippen molar-refractivity contribution >= 4 is 16.7 Å². The number of benzene rings is 2. The van der Waals surface area contributed by atoms with Gasteiger partial charge in [0.2, 0.25) is 0 Å². The number of fused-ring (bicyclic) bond motifs is 2. The minimum Gasteiger partial charge on any atom is -0.360 e. The first-order valence-corrected chi connectivity index (χ1v) is 6.63. The third-order valence-corrected chi connectivity index (χ3v) is 4.09. The van der Waals surface area contributed by atoms with Gasteiger partial charge in [0, 0.05) is 22.7 Å². The van der Waals surface area contributed by atoms with Crippen LogP contribution in [0.3, 0.4) is 0 Å². The molecular formula is C17H12FNO. The first-order chi connectivity index (χ1) is 9.75. The zero-order chi connectivity index (χ0) is 13.7. The van der Waals surface area contributed by atoms with E-state index in [1.54, 1.807) is 18.3 Å². The van der Waals surface area contributed by atoms with Gasteiger partial charge in [0.15, 0.2) is 5.78 Å². The number of rotatable bonds is 2. The summed E-state index contributed by atoms with van der Waals surface area (Å²) in [5.74, 6) is -0.482. The van der Waals surface area contributed by atoms with Gasteiger partial charge in [-0.15, -0.1) is 0 Å². The van der Waals surface area contributed by atoms with E-state index >= 15 is 0 Å². The van der Waals surface area contributed by atoms with Crippen LogP contribution in [-0.2, 0) is 6.42 Å². The second-order valence-corrected chi connectivity index (χ2v) is 5.18. The van der Waals surface area contributed by atoms with Crippen molar-refractivity contribution in [3.05, 3.63) is 71.2 Å². The number of ketones is 1. The van der Waals surface area contributed by atoms with E-state index in [1.807, 2.05) is 24.3 Å². The molecule has 1 atom stereocenters. The van der Waals surface area contributed by atoms with Crippen molar-refractivity contribution in [3.63, 3.8) is 0 Å². The zero-order valence-electron chi connectivity index (χ0n) is 10.7. The fourth-order valence-electron chi connectivity index (χ4n) is 3.02. The third kappa shape index (κ3) is 1.46. The summed E-state index contributed by atoms with van der Waals surface area (Å²) in [5.41, 5.74) is 3.41. The van der Waals surface area contributed by atoms with E-state index in [0.717, 1.165) is 12.0 Å². The molecule has 3 heteroatoms. The number of halogens is 1. The Hall–Kier alpha value is -2.42. The minimum absolute atomic E-state index is 0.0000463. The molecule has 20 heavy (non-hydrogen) atoms. The van der Waals surface area contributed by atoms with Crippen LogP contribution in [0.4, 0.5) is 4.39 Å². The lowest BCUT2D eigenvalue weighted by atomic mass is 9.74. The van der Waals surface area contributed by atoms with Crippen molar-refractivity contribution in [1.82, 2.24) is 4.98 Å². The molecule has 0 amide bonds. The first kappa shape index (κ1) is 11.4. The fraction of sp³-hybridized carbons (Fsp3) is 0.118. The molecule has 1 aromatic heterocycles. The van der Waals surface area contributed by atoms with E-state index < -0.39 is 0 Å². The molecule has 0 bridgehead atoms. The molecule has 0 spiro atoms. The van der Waals surface area contributed by atoms with E-state index in [2.05, 4.69) is 4.98 Å². The molecule has 3 aromatic rings. The molecule has 4 rings (SSSR count). The molecule has 1 unspecified atom stereocenters. The molecule has 2 aromatic carbocycles. The molecule has 0 radical (unpaired) electrons. The highest BCUT2D eigenvalue weighted by Crippen LogP contribution is 2.38. The van der Waals surface area contributed by atoms with Gasteiger partial charge in [0.25, 0.3) is 0 Å².